The normalized spacial score (nSPS) is 11.4. The highest BCUT2D eigenvalue weighted by atomic mass is 79.9. The van der Waals surface area contributed by atoms with E-state index in [1.165, 1.54) is 29.5 Å². The molecule has 0 atom stereocenters. The van der Waals surface area contributed by atoms with Gasteiger partial charge in [-0.05, 0) is 34.1 Å². The largest absolute Gasteiger partial charge is 0.573 e. The number of benzene rings is 1. The van der Waals surface area contributed by atoms with Gasteiger partial charge in [-0.3, -0.25) is 0 Å². The average Bonchev–Trinajstić information content (AvgIpc) is 2.72. The monoisotopic (exact) mass is 352 g/mol. The summed E-state index contributed by atoms with van der Waals surface area (Å²) in [5.74, 6) is -0.282. The number of alkyl halides is 3. The van der Waals surface area contributed by atoms with Crippen molar-refractivity contribution >= 4 is 27.3 Å². The van der Waals surface area contributed by atoms with Gasteiger partial charge in [0.05, 0.1) is 0 Å². The molecule has 1 aromatic heterocycles. The number of thiophene rings is 1. The van der Waals surface area contributed by atoms with Gasteiger partial charge >= 0.3 is 6.36 Å². The second-order valence-electron chi connectivity index (χ2n) is 3.51. The molecule has 0 aliphatic rings. The molecule has 1 aromatic carbocycles. The van der Waals surface area contributed by atoms with Crippen LogP contribution in [-0.4, -0.2) is 6.36 Å². The van der Waals surface area contributed by atoms with Gasteiger partial charge in [-0.2, -0.15) is 0 Å². The number of hydrogen-bond donors (Lipinski definition) is 0. The number of halogens is 4. The lowest BCUT2D eigenvalue weighted by Crippen LogP contribution is -2.17. The van der Waals surface area contributed by atoms with E-state index >= 15 is 0 Å². The molecular weight excluding hydrogens is 345 g/mol. The minimum absolute atomic E-state index is 0.0596. The van der Waals surface area contributed by atoms with Crippen molar-refractivity contribution in [1.82, 2.24) is 0 Å². The molecule has 0 saturated carbocycles. The molecule has 0 N–H and O–H groups in total. The summed E-state index contributed by atoms with van der Waals surface area (Å²) in [4.78, 5) is 0.897. The Labute approximate surface area is 119 Å². The molecule has 0 bridgehead atoms. The second-order valence-corrected chi connectivity index (χ2v) is 5.43. The van der Waals surface area contributed by atoms with Crippen molar-refractivity contribution in [2.24, 2.45) is 0 Å². The third-order valence-corrected chi connectivity index (χ3v) is 3.74. The van der Waals surface area contributed by atoms with E-state index in [9.17, 15) is 13.2 Å². The fourth-order valence-corrected chi connectivity index (χ4v) is 2.72. The Morgan fingerprint density at radius 1 is 1.16 bits per heavy atom. The minimum Gasteiger partial charge on any atom is -0.484 e. The molecule has 7 heteroatoms. The second kappa shape index (κ2) is 5.83. The van der Waals surface area contributed by atoms with Crippen molar-refractivity contribution in [1.29, 1.82) is 0 Å². The smallest absolute Gasteiger partial charge is 0.484 e. The molecule has 0 aliphatic heterocycles. The predicted octanol–water partition coefficient (Wildman–Crippen LogP) is 4.99. The van der Waals surface area contributed by atoms with Crippen molar-refractivity contribution in [3.8, 4) is 11.5 Å². The zero-order valence-corrected chi connectivity index (χ0v) is 11.8. The van der Waals surface area contributed by atoms with Crippen LogP contribution in [0.25, 0.3) is 0 Å². The van der Waals surface area contributed by atoms with E-state index in [0.29, 0.717) is 0 Å². The summed E-state index contributed by atoms with van der Waals surface area (Å²) in [6.45, 7) is 0.189. The van der Waals surface area contributed by atoms with Crippen LogP contribution in [0.1, 0.15) is 4.88 Å². The predicted molar refractivity (Wildman–Crippen MR) is 69.5 cm³/mol. The average molecular weight is 353 g/mol. The van der Waals surface area contributed by atoms with Gasteiger partial charge in [-0.25, -0.2) is 0 Å². The van der Waals surface area contributed by atoms with Crippen molar-refractivity contribution < 1.29 is 22.6 Å². The van der Waals surface area contributed by atoms with Crippen LogP contribution >= 0.6 is 27.3 Å². The fraction of sp³-hybridized carbons (Fsp3) is 0.167. The van der Waals surface area contributed by atoms with Gasteiger partial charge in [0.2, 0.25) is 0 Å². The van der Waals surface area contributed by atoms with Crippen molar-refractivity contribution in [2.75, 3.05) is 0 Å². The molecule has 0 spiro atoms. The summed E-state index contributed by atoms with van der Waals surface area (Å²) in [5.41, 5.74) is 0. The maximum absolute atomic E-state index is 12.2. The van der Waals surface area contributed by atoms with Gasteiger partial charge in [-0.1, -0.05) is 12.1 Å². The first-order valence-corrected chi connectivity index (χ1v) is 6.82. The molecule has 0 unspecified atom stereocenters. The van der Waals surface area contributed by atoms with E-state index < -0.39 is 6.36 Å². The number of rotatable bonds is 4. The van der Waals surface area contributed by atoms with Crippen molar-refractivity contribution in [3.63, 3.8) is 0 Å². The van der Waals surface area contributed by atoms with Gasteiger partial charge in [0.15, 0.2) is 11.5 Å². The first-order chi connectivity index (χ1) is 8.94. The topological polar surface area (TPSA) is 18.5 Å². The lowest BCUT2D eigenvalue weighted by molar-refractivity contribution is -0.275. The van der Waals surface area contributed by atoms with E-state index in [4.69, 9.17) is 4.74 Å². The Balaban J connectivity index is 2.07. The first kappa shape index (κ1) is 14.2. The van der Waals surface area contributed by atoms with Crippen LogP contribution in [0.2, 0.25) is 0 Å². The summed E-state index contributed by atoms with van der Waals surface area (Å²) in [6, 6.07) is 7.54. The minimum atomic E-state index is -4.73. The van der Waals surface area contributed by atoms with Crippen molar-refractivity contribution in [2.45, 2.75) is 13.0 Å². The highest BCUT2D eigenvalue weighted by Gasteiger charge is 2.32. The van der Waals surface area contributed by atoms with E-state index in [1.807, 2.05) is 11.4 Å². The molecule has 0 amide bonds. The summed E-state index contributed by atoms with van der Waals surface area (Å²) in [5, 5.41) is 1.87. The number of hydrogen-bond acceptors (Lipinski definition) is 3. The fourth-order valence-electron chi connectivity index (χ4n) is 1.36. The Bertz CT molecular complexity index is 554. The third kappa shape index (κ3) is 4.43. The standard InChI is InChI=1S/C12H8BrF3O2S/c13-8-5-9(19-7-8)6-17-10-3-1-2-4-11(10)18-12(14,15)16/h1-5,7H,6H2. The van der Waals surface area contributed by atoms with Crippen LogP contribution in [0.4, 0.5) is 13.2 Å². The van der Waals surface area contributed by atoms with E-state index in [1.54, 1.807) is 6.07 Å². The molecule has 1 heterocycles. The summed E-state index contributed by atoms with van der Waals surface area (Å²) in [6.07, 6.45) is -4.73. The molecule has 102 valence electrons. The highest BCUT2D eigenvalue weighted by molar-refractivity contribution is 9.10. The molecule has 0 radical (unpaired) electrons. The zero-order valence-electron chi connectivity index (χ0n) is 9.41. The van der Waals surface area contributed by atoms with Crippen molar-refractivity contribution in [3.05, 3.63) is 45.1 Å². The Morgan fingerprint density at radius 2 is 1.84 bits per heavy atom. The molecule has 2 rings (SSSR count). The molecule has 2 aromatic rings. The summed E-state index contributed by atoms with van der Waals surface area (Å²) >= 11 is 4.75. The van der Waals surface area contributed by atoms with Gasteiger partial charge in [0.1, 0.15) is 6.61 Å². The van der Waals surface area contributed by atoms with Crippen LogP contribution in [-0.2, 0) is 6.61 Å². The van der Waals surface area contributed by atoms with E-state index in [-0.39, 0.29) is 18.1 Å². The van der Waals surface area contributed by atoms with Gasteiger partial charge < -0.3 is 9.47 Å². The molecule has 2 nitrogen and oxygen atoms in total. The van der Waals surface area contributed by atoms with Gasteiger partial charge in [0.25, 0.3) is 0 Å². The van der Waals surface area contributed by atoms with E-state index in [2.05, 4.69) is 20.7 Å². The van der Waals surface area contributed by atoms with Crippen LogP contribution < -0.4 is 9.47 Å². The highest BCUT2D eigenvalue weighted by Crippen LogP contribution is 2.32. The van der Waals surface area contributed by atoms with Crippen LogP contribution in [0, 0.1) is 0 Å². The quantitative estimate of drug-likeness (QED) is 0.771. The zero-order chi connectivity index (χ0) is 13.9. The van der Waals surface area contributed by atoms with Gasteiger partial charge in [0, 0.05) is 14.7 Å². The summed E-state index contributed by atoms with van der Waals surface area (Å²) in [7, 11) is 0. The third-order valence-electron chi connectivity index (χ3n) is 2.07. The Hall–Kier alpha value is -1.21. The SMILES string of the molecule is FC(F)(F)Oc1ccccc1OCc1cc(Br)cs1. The van der Waals surface area contributed by atoms with Crippen LogP contribution in [0.3, 0.4) is 0 Å². The first-order valence-electron chi connectivity index (χ1n) is 5.14. The summed E-state index contributed by atoms with van der Waals surface area (Å²) < 4.78 is 46.8. The molecule has 0 fully saturated rings. The maximum atomic E-state index is 12.2. The van der Waals surface area contributed by atoms with Crippen LogP contribution in [0.5, 0.6) is 11.5 Å². The Kier molecular flexibility index (Phi) is 4.36. The Morgan fingerprint density at radius 3 is 2.42 bits per heavy atom. The number of para-hydroxylation sites is 2. The van der Waals surface area contributed by atoms with Gasteiger partial charge in [-0.15, -0.1) is 24.5 Å². The lowest BCUT2D eigenvalue weighted by atomic mass is 10.3. The van der Waals surface area contributed by atoms with Crippen LogP contribution in [0.15, 0.2) is 40.2 Å². The molecule has 19 heavy (non-hydrogen) atoms. The number of ether oxygens (including phenoxy) is 2. The molecular formula is C12H8BrF3O2S. The molecule has 0 saturated heterocycles. The molecule has 0 aliphatic carbocycles. The lowest BCUT2D eigenvalue weighted by Gasteiger charge is -2.13. The maximum Gasteiger partial charge on any atom is 0.573 e. The van der Waals surface area contributed by atoms with E-state index in [0.717, 1.165) is 9.35 Å².